The first-order valence-electron chi connectivity index (χ1n) is 4.42. The Morgan fingerprint density at radius 2 is 1.92 bits per heavy atom. The van der Waals surface area contributed by atoms with Gasteiger partial charge >= 0.3 is 0 Å². The SMILES string of the molecule is C=C(C)C(=O)SC1(C)CCCC1. The van der Waals surface area contributed by atoms with E-state index in [0.717, 1.165) is 0 Å². The van der Waals surface area contributed by atoms with E-state index in [-0.39, 0.29) is 9.86 Å². The van der Waals surface area contributed by atoms with E-state index in [0.29, 0.717) is 5.57 Å². The Balaban J connectivity index is 2.49. The number of rotatable bonds is 2. The van der Waals surface area contributed by atoms with E-state index in [2.05, 4.69) is 13.5 Å². The third-order valence-electron chi connectivity index (χ3n) is 2.35. The summed E-state index contributed by atoms with van der Waals surface area (Å²) < 4.78 is 0.204. The lowest BCUT2D eigenvalue weighted by atomic mass is 10.1. The summed E-state index contributed by atoms with van der Waals surface area (Å²) in [4.78, 5) is 11.4. The molecule has 1 saturated carbocycles. The number of thioether (sulfide) groups is 1. The minimum atomic E-state index is 0.166. The fourth-order valence-corrected chi connectivity index (χ4v) is 2.65. The van der Waals surface area contributed by atoms with Crippen LogP contribution in [0.2, 0.25) is 0 Å². The van der Waals surface area contributed by atoms with Crippen LogP contribution in [0.5, 0.6) is 0 Å². The average Bonchev–Trinajstić information content (AvgIpc) is 2.35. The van der Waals surface area contributed by atoms with Crippen molar-refractivity contribution >= 4 is 16.9 Å². The molecule has 0 aromatic heterocycles. The number of carbonyl (C=O) groups is 1. The Kier molecular flexibility index (Phi) is 2.99. The van der Waals surface area contributed by atoms with Gasteiger partial charge in [0.25, 0.3) is 0 Å². The summed E-state index contributed by atoms with van der Waals surface area (Å²) in [5.41, 5.74) is 0.674. The normalized spacial score (nSPS) is 20.8. The molecule has 0 bridgehead atoms. The van der Waals surface area contributed by atoms with Crippen LogP contribution in [0.15, 0.2) is 12.2 Å². The Morgan fingerprint density at radius 3 is 2.33 bits per heavy atom. The van der Waals surface area contributed by atoms with E-state index in [1.165, 1.54) is 37.4 Å². The molecule has 0 radical (unpaired) electrons. The van der Waals surface area contributed by atoms with E-state index < -0.39 is 0 Å². The molecule has 0 aromatic rings. The highest BCUT2D eigenvalue weighted by Gasteiger charge is 2.31. The van der Waals surface area contributed by atoms with E-state index in [9.17, 15) is 4.79 Å². The Hall–Kier alpha value is -0.240. The smallest absolute Gasteiger partial charge is 0.214 e. The molecule has 1 aliphatic carbocycles. The van der Waals surface area contributed by atoms with Crippen molar-refractivity contribution in [3.05, 3.63) is 12.2 Å². The Bertz CT molecular complexity index is 202. The molecule has 0 aliphatic heterocycles. The Labute approximate surface area is 78.6 Å². The van der Waals surface area contributed by atoms with E-state index in [1.807, 2.05) is 0 Å². The quantitative estimate of drug-likeness (QED) is 0.613. The average molecular weight is 184 g/mol. The van der Waals surface area contributed by atoms with Crippen molar-refractivity contribution in [1.82, 2.24) is 0 Å². The first kappa shape index (κ1) is 9.85. The number of hydrogen-bond acceptors (Lipinski definition) is 2. The molecular formula is C10H16OS. The standard InChI is InChI=1S/C10H16OS/c1-8(2)9(11)12-10(3)6-4-5-7-10/h1,4-7H2,2-3H3. The summed E-state index contributed by atoms with van der Waals surface area (Å²) in [5, 5.41) is 0.166. The van der Waals surface area contributed by atoms with E-state index >= 15 is 0 Å². The van der Waals surface area contributed by atoms with Crippen LogP contribution in [0.4, 0.5) is 0 Å². The monoisotopic (exact) mass is 184 g/mol. The second-order valence-corrected chi connectivity index (χ2v) is 5.39. The third kappa shape index (κ3) is 2.37. The minimum Gasteiger partial charge on any atom is -0.282 e. The summed E-state index contributed by atoms with van der Waals surface area (Å²) in [7, 11) is 0. The highest BCUT2D eigenvalue weighted by Crippen LogP contribution is 2.41. The van der Waals surface area contributed by atoms with Crippen molar-refractivity contribution in [2.24, 2.45) is 0 Å². The second kappa shape index (κ2) is 3.65. The Morgan fingerprint density at radius 1 is 1.42 bits per heavy atom. The van der Waals surface area contributed by atoms with Crippen molar-refractivity contribution in [3.8, 4) is 0 Å². The van der Waals surface area contributed by atoms with Crippen LogP contribution in [0.25, 0.3) is 0 Å². The fourth-order valence-electron chi connectivity index (χ4n) is 1.54. The van der Waals surface area contributed by atoms with E-state index in [1.54, 1.807) is 6.92 Å². The van der Waals surface area contributed by atoms with Gasteiger partial charge in [0.05, 0.1) is 0 Å². The molecule has 0 amide bonds. The maximum Gasteiger partial charge on any atom is 0.214 e. The van der Waals surface area contributed by atoms with Crippen LogP contribution in [0, 0.1) is 0 Å². The predicted octanol–water partition coefficient (Wildman–Crippen LogP) is 3.16. The van der Waals surface area contributed by atoms with Crippen LogP contribution in [0.3, 0.4) is 0 Å². The minimum absolute atomic E-state index is 0.166. The molecule has 2 heteroatoms. The third-order valence-corrected chi connectivity index (χ3v) is 3.78. The first-order chi connectivity index (χ1) is 5.53. The van der Waals surface area contributed by atoms with Crippen LogP contribution >= 0.6 is 11.8 Å². The zero-order chi connectivity index (χ0) is 9.19. The lowest BCUT2D eigenvalue weighted by molar-refractivity contribution is -0.107. The molecule has 0 aromatic carbocycles. The molecule has 0 heterocycles. The van der Waals surface area contributed by atoms with Gasteiger partial charge < -0.3 is 0 Å². The van der Waals surface area contributed by atoms with Gasteiger partial charge in [0, 0.05) is 4.75 Å². The number of hydrogen-bond donors (Lipinski definition) is 0. The number of carbonyl (C=O) groups excluding carboxylic acids is 1. The summed E-state index contributed by atoms with van der Waals surface area (Å²) in [5.74, 6) is 0. The van der Waals surface area contributed by atoms with Gasteiger partial charge in [0.15, 0.2) is 0 Å². The molecule has 1 fully saturated rings. The van der Waals surface area contributed by atoms with Crippen LogP contribution in [-0.2, 0) is 4.79 Å². The van der Waals surface area contributed by atoms with Crippen LogP contribution in [-0.4, -0.2) is 9.86 Å². The predicted molar refractivity (Wildman–Crippen MR) is 54.3 cm³/mol. The topological polar surface area (TPSA) is 17.1 Å². The summed E-state index contributed by atoms with van der Waals surface area (Å²) >= 11 is 1.48. The maximum absolute atomic E-state index is 11.4. The molecular weight excluding hydrogens is 168 g/mol. The molecule has 1 aliphatic rings. The van der Waals surface area contributed by atoms with Gasteiger partial charge in [-0.05, 0) is 32.3 Å². The highest BCUT2D eigenvalue weighted by molar-refractivity contribution is 8.15. The summed E-state index contributed by atoms with van der Waals surface area (Å²) in [6.45, 7) is 7.63. The molecule has 12 heavy (non-hydrogen) atoms. The van der Waals surface area contributed by atoms with Gasteiger partial charge in [-0.3, -0.25) is 4.79 Å². The van der Waals surface area contributed by atoms with E-state index in [4.69, 9.17) is 0 Å². The van der Waals surface area contributed by atoms with Gasteiger partial charge in [0.2, 0.25) is 5.12 Å². The van der Waals surface area contributed by atoms with Crippen molar-refractivity contribution in [3.63, 3.8) is 0 Å². The maximum atomic E-state index is 11.4. The molecule has 0 atom stereocenters. The first-order valence-corrected chi connectivity index (χ1v) is 5.24. The van der Waals surface area contributed by atoms with Crippen molar-refractivity contribution in [2.45, 2.75) is 44.3 Å². The van der Waals surface area contributed by atoms with Gasteiger partial charge in [-0.2, -0.15) is 0 Å². The van der Waals surface area contributed by atoms with Crippen molar-refractivity contribution in [2.75, 3.05) is 0 Å². The van der Waals surface area contributed by atoms with Crippen molar-refractivity contribution in [1.29, 1.82) is 0 Å². The molecule has 0 saturated heterocycles. The molecule has 1 rings (SSSR count). The van der Waals surface area contributed by atoms with Crippen LogP contribution in [0.1, 0.15) is 39.5 Å². The molecule has 0 N–H and O–H groups in total. The second-order valence-electron chi connectivity index (χ2n) is 3.83. The van der Waals surface area contributed by atoms with Gasteiger partial charge in [-0.25, -0.2) is 0 Å². The lowest BCUT2D eigenvalue weighted by Gasteiger charge is -2.21. The zero-order valence-corrected chi connectivity index (χ0v) is 8.67. The zero-order valence-electron chi connectivity index (χ0n) is 7.85. The largest absolute Gasteiger partial charge is 0.282 e. The van der Waals surface area contributed by atoms with Gasteiger partial charge in [-0.1, -0.05) is 31.2 Å². The molecule has 0 unspecified atom stereocenters. The molecule has 0 spiro atoms. The highest BCUT2D eigenvalue weighted by atomic mass is 32.2. The van der Waals surface area contributed by atoms with Gasteiger partial charge in [0.1, 0.15) is 0 Å². The van der Waals surface area contributed by atoms with Gasteiger partial charge in [-0.15, -0.1) is 0 Å². The lowest BCUT2D eigenvalue weighted by Crippen LogP contribution is -2.17. The molecule has 68 valence electrons. The summed E-state index contributed by atoms with van der Waals surface area (Å²) in [6.07, 6.45) is 4.90. The van der Waals surface area contributed by atoms with Crippen molar-refractivity contribution < 1.29 is 4.79 Å². The van der Waals surface area contributed by atoms with Crippen LogP contribution < -0.4 is 0 Å². The summed E-state index contributed by atoms with van der Waals surface area (Å²) in [6, 6.07) is 0. The fraction of sp³-hybridized carbons (Fsp3) is 0.700. The molecule has 1 nitrogen and oxygen atoms in total.